The lowest BCUT2D eigenvalue weighted by molar-refractivity contribution is 0.189. The van der Waals surface area contributed by atoms with E-state index in [1.165, 1.54) is 6.42 Å². The van der Waals surface area contributed by atoms with Gasteiger partial charge in [-0.05, 0) is 66.4 Å². The van der Waals surface area contributed by atoms with Crippen molar-refractivity contribution in [3.8, 4) is 34.1 Å². The van der Waals surface area contributed by atoms with Crippen LogP contribution in [0, 0.1) is 5.92 Å². The standard InChI is InChI=1S/C27H27NO4S/c1-16-9-10-28(15-16)11-12-31-18-6-7-19-21(14-18)25-20(3-2-4-22(25)30)27-26(19)32-23-8-5-17(29)13-24(23)33-27/h2-8,13-14,16,26-27,29-30H,9-12,15H2,1H3/t16-,26+,27?/m1/s1. The van der Waals surface area contributed by atoms with Crippen LogP contribution in [0.2, 0.25) is 0 Å². The molecule has 3 atom stereocenters. The van der Waals surface area contributed by atoms with Crippen molar-refractivity contribution in [3.63, 3.8) is 0 Å². The van der Waals surface area contributed by atoms with Gasteiger partial charge in [-0.2, -0.15) is 0 Å². The molecule has 0 amide bonds. The first-order chi connectivity index (χ1) is 16.1. The van der Waals surface area contributed by atoms with Crippen LogP contribution in [0.15, 0.2) is 59.5 Å². The maximum Gasteiger partial charge on any atom is 0.141 e. The molecule has 2 aliphatic heterocycles. The van der Waals surface area contributed by atoms with E-state index in [1.54, 1.807) is 30.0 Å². The van der Waals surface area contributed by atoms with E-state index in [1.807, 2.05) is 24.3 Å². The van der Waals surface area contributed by atoms with Gasteiger partial charge in [0.1, 0.15) is 35.7 Å². The predicted octanol–water partition coefficient (Wildman–Crippen LogP) is 5.77. The van der Waals surface area contributed by atoms with Gasteiger partial charge < -0.3 is 19.7 Å². The first kappa shape index (κ1) is 20.8. The van der Waals surface area contributed by atoms with Gasteiger partial charge in [0, 0.05) is 24.2 Å². The summed E-state index contributed by atoms with van der Waals surface area (Å²) in [5, 5.41) is 20.8. The molecule has 33 heavy (non-hydrogen) atoms. The maximum absolute atomic E-state index is 10.8. The molecule has 3 aromatic carbocycles. The second kappa shape index (κ2) is 8.19. The van der Waals surface area contributed by atoms with Crippen LogP contribution in [0.4, 0.5) is 0 Å². The van der Waals surface area contributed by atoms with Gasteiger partial charge in [-0.1, -0.05) is 25.1 Å². The molecule has 0 saturated carbocycles. The average Bonchev–Trinajstić information content (AvgIpc) is 3.23. The molecule has 0 aromatic heterocycles. The summed E-state index contributed by atoms with van der Waals surface area (Å²) in [5.41, 5.74) is 3.88. The van der Waals surface area contributed by atoms with Crippen molar-refractivity contribution in [2.45, 2.75) is 29.6 Å². The van der Waals surface area contributed by atoms with Crippen molar-refractivity contribution < 1.29 is 19.7 Å². The molecule has 2 N–H and O–H groups in total. The molecule has 0 radical (unpaired) electrons. The number of benzene rings is 3. The van der Waals surface area contributed by atoms with Crippen LogP contribution in [0.25, 0.3) is 11.1 Å². The smallest absolute Gasteiger partial charge is 0.141 e. The third-order valence-electron chi connectivity index (χ3n) is 6.88. The van der Waals surface area contributed by atoms with Crippen LogP contribution in [0.3, 0.4) is 0 Å². The lowest BCUT2D eigenvalue weighted by Crippen LogP contribution is -2.26. The molecule has 1 fully saturated rings. The zero-order valence-electron chi connectivity index (χ0n) is 18.5. The molecule has 6 rings (SSSR count). The summed E-state index contributed by atoms with van der Waals surface area (Å²) in [4.78, 5) is 3.36. The fourth-order valence-corrected chi connectivity index (χ4v) is 6.58. The molecular formula is C27H27NO4S. The highest BCUT2D eigenvalue weighted by Crippen LogP contribution is 2.60. The highest BCUT2D eigenvalue weighted by molar-refractivity contribution is 7.99. The minimum Gasteiger partial charge on any atom is -0.508 e. The zero-order chi connectivity index (χ0) is 22.5. The predicted molar refractivity (Wildman–Crippen MR) is 129 cm³/mol. The summed E-state index contributed by atoms with van der Waals surface area (Å²) in [6, 6.07) is 17.0. The molecule has 2 heterocycles. The van der Waals surface area contributed by atoms with Crippen LogP contribution in [0.5, 0.6) is 23.0 Å². The van der Waals surface area contributed by atoms with E-state index in [0.717, 1.165) is 64.2 Å². The van der Waals surface area contributed by atoms with Gasteiger partial charge in [0.25, 0.3) is 0 Å². The first-order valence-electron chi connectivity index (χ1n) is 11.5. The largest absolute Gasteiger partial charge is 0.508 e. The number of hydrogen-bond acceptors (Lipinski definition) is 6. The third-order valence-corrected chi connectivity index (χ3v) is 8.20. The van der Waals surface area contributed by atoms with Crippen LogP contribution < -0.4 is 9.47 Å². The van der Waals surface area contributed by atoms with Gasteiger partial charge in [-0.3, -0.25) is 4.90 Å². The number of ether oxygens (including phenoxy) is 2. The lowest BCUT2D eigenvalue weighted by Gasteiger charge is -2.39. The van der Waals surface area contributed by atoms with Gasteiger partial charge >= 0.3 is 0 Å². The van der Waals surface area contributed by atoms with E-state index >= 15 is 0 Å². The monoisotopic (exact) mass is 461 g/mol. The Hall–Kier alpha value is -2.83. The molecular weight excluding hydrogens is 434 g/mol. The van der Waals surface area contributed by atoms with Crippen molar-refractivity contribution in [1.29, 1.82) is 0 Å². The van der Waals surface area contributed by atoms with E-state index in [9.17, 15) is 10.2 Å². The summed E-state index contributed by atoms with van der Waals surface area (Å²) < 4.78 is 12.6. The first-order valence-corrected chi connectivity index (χ1v) is 12.4. The van der Waals surface area contributed by atoms with Gasteiger partial charge in [-0.25, -0.2) is 0 Å². The maximum atomic E-state index is 10.8. The molecule has 1 aliphatic carbocycles. The fourth-order valence-electron chi connectivity index (χ4n) is 5.24. The number of phenols is 2. The quantitative estimate of drug-likeness (QED) is 0.515. The van der Waals surface area contributed by atoms with Gasteiger partial charge in [0.15, 0.2) is 0 Å². The molecule has 5 nitrogen and oxygen atoms in total. The van der Waals surface area contributed by atoms with Crippen LogP contribution >= 0.6 is 11.8 Å². The number of fused-ring (bicyclic) bond motifs is 7. The topological polar surface area (TPSA) is 62.2 Å². The van der Waals surface area contributed by atoms with Crippen molar-refractivity contribution in [2.24, 2.45) is 5.92 Å². The Labute approximate surface area is 198 Å². The van der Waals surface area contributed by atoms with Crippen molar-refractivity contribution in [1.82, 2.24) is 4.90 Å². The molecule has 3 aromatic rings. The van der Waals surface area contributed by atoms with Gasteiger partial charge in [0.05, 0.1) is 10.1 Å². The number of nitrogens with zero attached hydrogens (tertiary/aromatic N) is 1. The van der Waals surface area contributed by atoms with Gasteiger partial charge in [0.2, 0.25) is 0 Å². The lowest BCUT2D eigenvalue weighted by atomic mass is 9.82. The van der Waals surface area contributed by atoms with Crippen LogP contribution in [-0.2, 0) is 0 Å². The number of thioether (sulfide) groups is 1. The normalized spacial score (nSPS) is 23.1. The number of aromatic hydroxyl groups is 2. The molecule has 170 valence electrons. The highest BCUT2D eigenvalue weighted by atomic mass is 32.2. The third kappa shape index (κ3) is 3.71. The molecule has 1 unspecified atom stereocenters. The van der Waals surface area contributed by atoms with Crippen molar-refractivity contribution in [2.75, 3.05) is 26.2 Å². The second-order valence-corrected chi connectivity index (χ2v) is 10.4. The summed E-state index contributed by atoms with van der Waals surface area (Å²) in [6.45, 7) is 6.17. The highest BCUT2D eigenvalue weighted by Gasteiger charge is 2.41. The number of likely N-dealkylation sites (tertiary alicyclic amines) is 1. The summed E-state index contributed by atoms with van der Waals surface area (Å²) >= 11 is 1.67. The Balaban J connectivity index is 1.33. The van der Waals surface area contributed by atoms with E-state index in [-0.39, 0.29) is 22.9 Å². The zero-order valence-corrected chi connectivity index (χ0v) is 19.3. The molecule has 0 bridgehead atoms. The molecule has 3 aliphatic rings. The Kier molecular flexibility index (Phi) is 5.15. The van der Waals surface area contributed by atoms with E-state index in [2.05, 4.69) is 24.0 Å². The van der Waals surface area contributed by atoms with Gasteiger partial charge in [-0.15, -0.1) is 11.8 Å². The number of hydrogen-bond donors (Lipinski definition) is 2. The molecule has 6 heteroatoms. The van der Waals surface area contributed by atoms with E-state index < -0.39 is 0 Å². The molecule has 0 spiro atoms. The van der Waals surface area contributed by atoms with Crippen LogP contribution in [0.1, 0.15) is 35.8 Å². The number of rotatable bonds is 4. The second-order valence-electron chi connectivity index (χ2n) is 9.24. The Morgan fingerprint density at radius 2 is 2.00 bits per heavy atom. The van der Waals surface area contributed by atoms with E-state index in [4.69, 9.17) is 9.47 Å². The SMILES string of the molecule is C[C@@H]1CCN(CCOc2ccc3c(c2)-c2c(O)cccc2C2Sc4cc(O)ccc4O[C@@H]32)C1. The Bertz CT molecular complexity index is 1210. The minimum atomic E-state index is -0.184. The fraction of sp³-hybridized carbons (Fsp3) is 0.333. The van der Waals surface area contributed by atoms with Crippen molar-refractivity contribution >= 4 is 11.8 Å². The average molecular weight is 462 g/mol. The summed E-state index contributed by atoms with van der Waals surface area (Å²) in [7, 11) is 0. The summed E-state index contributed by atoms with van der Waals surface area (Å²) in [5.74, 6) is 2.83. The molecule has 1 saturated heterocycles. The number of phenolic OH excluding ortho intramolecular Hbond substituents is 2. The van der Waals surface area contributed by atoms with Crippen molar-refractivity contribution in [3.05, 3.63) is 65.7 Å². The Morgan fingerprint density at radius 3 is 2.85 bits per heavy atom. The Morgan fingerprint density at radius 1 is 1.09 bits per heavy atom. The summed E-state index contributed by atoms with van der Waals surface area (Å²) in [6.07, 6.45) is 1.08. The van der Waals surface area contributed by atoms with E-state index in [0.29, 0.717) is 6.61 Å². The minimum absolute atomic E-state index is 0.0159. The van der Waals surface area contributed by atoms with Crippen LogP contribution in [-0.4, -0.2) is 41.4 Å².